The quantitative estimate of drug-likeness (QED) is 0.256. The summed E-state index contributed by atoms with van der Waals surface area (Å²) >= 11 is 12.0. The van der Waals surface area contributed by atoms with E-state index in [0.717, 1.165) is 6.42 Å². The van der Waals surface area contributed by atoms with Crippen molar-refractivity contribution in [1.82, 2.24) is 5.43 Å². The van der Waals surface area contributed by atoms with Crippen LogP contribution in [0.1, 0.15) is 6.42 Å². The highest BCUT2D eigenvalue weighted by molar-refractivity contribution is 6.39. The molecule has 0 unspecified atom stereocenters. The maximum atomic E-state index is 6.02. The Bertz CT molecular complexity index is 392. The summed E-state index contributed by atoms with van der Waals surface area (Å²) in [4.78, 5) is 4.23. The topological polar surface area (TPSA) is 71.7 Å². The Morgan fingerprint density at radius 3 is 2.61 bits per heavy atom. The van der Waals surface area contributed by atoms with Crippen molar-refractivity contribution in [2.45, 2.75) is 6.42 Å². The molecular weight excluding hydrogens is 275 g/mol. The summed E-state index contributed by atoms with van der Waals surface area (Å²) in [5, 5.41) is 3.96. The first kappa shape index (κ1) is 15.0. The predicted molar refractivity (Wildman–Crippen MR) is 76.2 cm³/mol. The van der Waals surface area contributed by atoms with Gasteiger partial charge in [0.15, 0.2) is 0 Å². The van der Waals surface area contributed by atoms with Crippen LogP contribution in [0.3, 0.4) is 0 Å². The van der Waals surface area contributed by atoms with Gasteiger partial charge in [0.1, 0.15) is 0 Å². The minimum absolute atomic E-state index is 0.404. The molecule has 1 aromatic carbocycles. The van der Waals surface area contributed by atoms with Crippen LogP contribution < -0.4 is 16.6 Å². The van der Waals surface area contributed by atoms with E-state index in [0.29, 0.717) is 34.8 Å². The number of ether oxygens (including phenoxy) is 1. The van der Waals surface area contributed by atoms with Crippen molar-refractivity contribution in [2.24, 2.45) is 10.8 Å². The van der Waals surface area contributed by atoms with Crippen molar-refractivity contribution in [3.63, 3.8) is 0 Å². The number of anilines is 1. The zero-order valence-electron chi connectivity index (χ0n) is 10.0. The van der Waals surface area contributed by atoms with Gasteiger partial charge in [-0.1, -0.05) is 29.3 Å². The van der Waals surface area contributed by atoms with E-state index in [1.165, 1.54) is 0 Å². The third kappa shape index (κ3) is 4.70. The Hall–Kier alpha value is -1.01. The van der Waals surface area contributed by atoms with Gasteiger partial charge in [0.25, 0.3) is 0 Å². The van der Waals surface area contributed by atoms with Gasteiger partial charge in [0.2, 0.25) is 5.96 Å². The van der Waals surface area contributed by atoms with E-state index in [1.807, 2.05) is 0 Å². The van der Waals surface area contributed by atoms with Gasteiger partial charge >= 0.3 is 0 Å². The van der Waals surface area contributed by atoms with Crippen LogP contribution >= 0.6 is 23.2 Å². The molecule has 0 heterocycles. The lowest BCUT2D eigenvalue weighted by atomic mass is 10.3. The Balaban J connectivity index is 2.67. The van der Waals surface area contributed by atoms with E-state index in [2.05, 4.69) is 15.7 Å². The summed E-state index contributed by atoms with van der Waals surface area (Å²) in [6, 6.07) is 5.23. The van der Waals surface area contributed by atoms with Crippen LogP contribution in [0.25, 0.3) is 0 Å². The lowest BCUT2D eigenvalue weighted by Crippen LogP contribution is -2.36. The highest BCUT2D eigenvalue weighted by atomic mass is 35.5. The zero-order chi connectivity index (χ0) is 13.4. The predicted octanol–water partition coefficient (Wildman–Crippen LogP) is 2.26. The standard InChI is InChI=1S/C11H16Cl2N4O/c1-18-7-3-6-15-11(17-14)16-10-8(12)4-2-5-9(10)13/h2,4-5H,3,6-7,14H2,1H3,(H2,15,16,17). The van der Waals surface area contributed by atoms with E-state index in [4.69, 9.17) is 33.8 Å². The molecule has 100 valence electrons. The minimum Gasteiger partial charge on any atom is -0.385 e. The third-order valence-electron chi connectivity index (χ3n) is 2.12. The van der Waals surface area contributed by atoms with Crippen molar-refractivity contribution in [2.75, 3.05) is 25.6 Å². The molecule has 1 rings (SSSR count). The molecule has 0 aliphatic rings. The molecule has 0 fully saturated rings. The highest BCUT2D eigenvalue weighted by Gasteiger charge is 2.06. The molecule has 7 heteroatoms. The van der Waals surface area contributed by atoms with Gasteiger partial charge in [-0.05, 0) is 18.6 Å². The van der Waals surface area contributed by atoms with Crippen molar-refractivity contribution < 1.29 is 4.74 Å². The van der Waals surface area contributed by atoms with E-state index < -0.39 is 0 Å². The fraction of sp³-hybridized carbons (Fsp3) is 0.364. The summed E-state index contributed by atoms with van der Waals surface area (Å²) in [6.45, 7) is 1.23. The first-order valence-electron chi connectivity index (χ1n) is 5.40. The molecule has 0 aliphatic carbocycles. The maximum absolute atomic E-state index is 6.02. The Kier molecular flexibility index (Phi) is 6.82. The molecule has 5 nitrogen and oxygen atoms in total. The van der Waals surface area contributed by atoms with E-state index in [-0.39, 0.29) is 0 Å². The van der Waals surface area contributed by atoms with Crippen LogP contribution in [0.2, 0.25) is 10.0 Å². The van der Waals surface area contributed by atoms with Gasteiger partial charge in [-0.3, -0.25) is 10.4 Å². The first-order valence-corrected chi connectivity index (χ1v) is 6.15. The molecule has 0 spiro atoms. The van der Waals surface area contributed by atoms with Crippen molar-refractivity contribution in [3.05, 3.63) is 28.2 Å². The number of hydrazine groups is 1. The molecule has 0 saturated carbocycles. The maximum Gasteiger partial charge on any atom is 0.210 e. The number of nitrogens with zero attached hydrogens (tertiary/aromatic N) is 1. The average Bonchev–Trinajstić information content (AvgIpc) is 2.36. The number of guanidine groups is 1. The van der Waals surface area contributed by atoms with Crippen molar-refractivity contribution in [1.29, 1.82) is 0 Å². The molecule has 0 amide bonds. The Morgan fingerprint density at radius 1 is 1.39 bits per heavy atom. The van der Waals surface area contributed by atoms with Gasteiger partial charge in [-0.25, -0.2) is 5.84 Å². The smallest absolute Gasteiger partial charge is 0.210 e. The summed E-state index contributed by atoms with van der Waals surface area (Å²) < 4.78 is 4.93. The van der Waals surface area contributed by atoms with Crippen LogP contribution in [0.4, 0.5) is 5.69 Å². The SMILES string of the molecule is COCCCN=C(NN)Nc1c(Cl)cccc1Cl. The summed E-state index contributed by atoms with van der Waals surface area (Å²) in [6.07, 6.45) is 0.805. The number of nitrogens with two attached hydrogens (primary N) is 1. The summed E-state index contributed by atoms with van der Waals surface area (Å²) in [7, 11) is 1.65. The number of halogens is 2. The van der Waals surface area contributed by atoms with E-state index in [9.17, 15) is 0 Å². The van der Waals surface area contributed by atoms with Crippen LogP contribution in [0.5, 0.6) is 0 Å². The molecule has 1 aromatic rings. The number of hydrogen-bond acceptors (Lipinski definition) is 3. The minimum atomic E-state index is 0.404. The fourth-order valence-electron chi connectivity index (χ4n) is 1.26. The van der Waals surface area contributed by atoms with Crippen LogP contribution in [-0.4, -0.2) is 26.2 Å². The van der Waals surface area contributed by atoms with E-state index in [1.54, 1.807) is 25.3 Å². The van der Waals surface area contributed by atoms with Crippen molar-refractivity contribution >= 4 is 34.8 Å². The summed E-state index contributed by atoms with van der Waals surface area (Å²) in [5.41, 5.74) is 3.04. The molecule has 0 aliphatic heterocycles. The highest BCUT2D eigenvalue weighted by Crippen LogP contribution is 2.29. The number of para-hydroxylation sites is 1. The van der Waals surface area contributed by atoms with Gasteiger partial charge in [-0.2, -0.15) is 0 Å². The Labute approximate surface area is 116 Å². The number of hydrogen-bond donors (Lipinski definition) is 3. The second-order valence-corrected chi connectivity index (χ2v) is 4.26. The monoisotopic (exact) mass is 290 g/mol. The average molecular weight is 291 g/mol. The number of methoxy groups -OCH3 is 1. The molecule has 0 saturated heterocycles. The van der Waals surface area contributed by atoms with Gasteiger partial charge in [-0.15, -0.1) is 0 Å². The van der Waals surface area contributed by atoms with Crippen molar-refractivity contribution in [3.8, 4) is 0 Å². The number of benzene rings is 1. The largest absolute Gasteiger partial charge is 0.385 e. The molecular formula is C11H16Cl2N4O. The third-order valence-corrected chi connectivity index (χ3v) is 2.75. The lowest BCUT2D eigenvalue weighted by Gasteiger charge is -2.12. The van der Waals surface area contributed by atoms with Gasteiger partial charge in [0.05, 0.1) is 15.7 Å². The fourth-order valence-corrected chi connectivity index (χ4v) is 1.75. The van der Waals surface area contributed by atoms with Crippen LogP contribution in [-0.2, 0) is 4.74 Å². The lowest BCUT2D eigenvalue weighted by molar-refractivity contribution is 0.197. The number of nitrogens with one attached hydrogen (secondary N) is 2. The number of aliphatic imine (C=N–C) groups is 1. The molecule has 4 N–H and O–H groups in total. The van der Waals surface area contributed by atoms with E-state index >= 15 is 0 Å². The number of rotatable bonds is 5. The second kappa shape index (κ2) is 8.16. The molecule has 0 atom stereocenters. The first-order chi connectivity index (χ1) is 8.69. The van der Waals surface area contributed by atoms with Gasteiger partial charge in [0, 0.05) is 20.3 Å². The normalized spacial score (nSPS) is 11.4. The zero-order valence-corrected chi connectivity index (χ0v) is 11.6. The van der Waals surface area contributed by atoms with Crippen LogP contribution in [0.15, 0.2) is 23.2 Å². The van der Waals surface area contributed by atoms with Crippen LogP contribution in [0, 0.1) is 0 Å². The Morgan fingerprint density at radius 2 is 2.06 bits per heavy atom. The molecule has 18 heavy (non-hydrogen) atoms. The molecule has 0 bridgehead atoms. The summed E-state index contributed by atoms with van der Waals surface area (Å²) in [5.74, 6) is 5.78. The molecule has 0 aromatic heterocycles. The van der Waals surface area contributed by atoms with Gasteiger partial charge < -0.3 is 10.1 Å². The molecule has 0 radical (unpaired) electrons. The second-order valence-electron chi connectivity index (χ2n) is 3.44.